The molecule has 1 aliphatic carbocycles. The smallest absolute Gasteiger partial charge is 0.226 e. The lowest BCUT2D eigenvalue weighted by Crippen LogP contribution is -2.33. The highest BCUT2D eigenvalue weighted by molar-refractivity contribution is 6.31. The van der Waals surface area contributed by atoms with Crippen molar-refractivity contribution in [2.24, 2.45) is 5.92 Å². The fourth-order valence-electron chi connectivity index (χ4n) is 2.64. The fraction of sp³-hybridized carbons (Fsp3) is 0.333. The summed E-state index contributed by atoms with van der Waals surface area (Å²) in [4.78, 5) is 18.4. The molecule has 1 aromatic carbocycles. The Hall–Kier alpha value is -2.14. The van der Waals surface area contributed by atoms with Crippen molar-refractivity contribution in [1.82, 2.24) is 14.5 Å². The van der Waals surface area contributed by atoms with Gasteiger partial charge in [0.1, 0.15) is 11.6 Å². The molecule has 1 aliphatic rings. The molecule has 0 N–H and O–H groups in total. The normalized spacial score (nSPS) is 13.8. The second kappa shape index (κ2) is 7.18. The Bertz CT molecular complexity index is 734. The maximum absolute atomic E-state index is 14.0. The number of rotatable bonds is 7. The van der Waals surface area contributed by atoms with Crippen LogP contribution in [0.2, 0.25) is 5.02 Å². The number of imidazole rings is 1. The first-order chi connectivity index (χ1) is 11.6. The molecule has 3 rings (SSSR count). The van der Waals surface area contributed by atoms with E-state index in [1.807, 2.05) is 4.57 Å². The van der Waals surface area contributed by atoms with Crippen molar-refractivity contribution in [2.75, 3.05) is 6.54 Å². The third kappa shape index (κ3) is 3.67. The van der Waals surface area contributed by atoms with E-state index in [0.717, 1.165) is 12.8 Å². The van der Waals surface area contributed by atoms with E-state index >= 15 is 0 Å². The molecule has 0 aliphatic heterocycles. The Morgan fingerprint density at radius 2 is 2.29 bits per heavy atom. The largest absolute Gasteiger partial charge is 0.331 e. The predicted octanol–water partition coefficient (Wildman–Crippen LogP) is 3.65. The van der Waals surface area contributed by atoms with Crippen LogP contribution in [0.15, 0.2) is 43.2 Å². The van der Waals surface area contributed by atoms with Crippen LogP contribution in [-0.4, -0.2) is 26.9 Å². The van der Waals surface area contributed by atoms with Gasteiger partial charge in [0.05, 0.1) is 13.1 Å². The molecular formula is C18H19ClFN3O. The van der Waals surface area contributed by atoms with E-state index in [4.69, 9.17) is 11.6 Å². The molecule has 1 amide bonds. The van der Waals surface area contributed by atoms with E-state index in [-0.39, 0.29) is 24.2 Å². The summed E-state index contributed by atoms with van der Waals surface area (Å²) in [5.74, 6) is 0.618. The lowest BCUT2D eigenvalue weighted by Gasteiger charge is -2.21. The molecule has 1 aromatic heterocycles. The first kappa shape index (κ1) is 16.7. The summed E-state index contributed by atoms with van der Waals surface area (Å²) in [6.07, 6.45) is 7.03. The van der Waals surface area contributed by atoms with Crippen molar-refractivity contribution >= 4 is 17.5 Å². The minimum Gasteiger partial charge on any atom is -0.331 e. The Kier molecular flexibility index (Phi) is 5.00. The van der Waals surface area contributed by atoms with E-state index in [1.165, 1.54) is 6.07 Å². The number of hydrogen-bond donors (Lipinski definition) is 0. The summed E-state index contributed by atoms with van der Waals surface area (Å²) < 4.78 is 15.8. The molecule has 1 saturated carbocycles. The van der Waals surface area contributed by atoms with Gasteiger partial charge in [0.25, 0.3) is 0 Å². The molecule has 24 heavy (non-hydrogen) atoms. The highest BCUT2D eigenvalue weighted by atomic mass is 35.5. The number of carbonyl (C=O) groups excluding carboxylic acids is 1. The molecule has 6 heteroatoms. The molecule has 0 atom stereocenters. The molecule has 2 aromatic rings. The molecular weight excluding hydrogens is 329 g/mol. The Morgan fingerprint density at radius 3 is 2.96 bits per heavy atom. The number of hydrogen-bond acceptors (Lipinski definition) is 2. The minimum atomic E-state index is -0.348. The molecule has 1 fully saturated rings. The fourth-order valence-corrected chi connectivity index (χ4v) is 2.86. The Balaban J connectivity index is 1.79. The van der Waals surface area contributed by atoms with Crippen molar-refractivity contribution in [3.8, 4) is 0 Å². The van der Waals surface area contributed by atoms with Gasteiger partial charge in [-0.2, -0.15) is 0 Å². The topological polar surface area (TPSA) is 38.1 Å². The van der Waals surface area contributed by atoms with Gasteiger partial charge in [-0.15, -0.1) is 6.58 Å². The third-order valence-electron chi connectivity index (χ3n) is 4.11. The predicted molar refractivity (Wildman–Crippen MR) is 91.1 cm³/mol. The molecule has 0 bridgehead atoms. The molecule has 4 nitrogen and oxygen atoms in total. The van der Waals surface area contributed by atoms with Crippen LogP contribution < -0.4 is 0 Å². The van der Waals surface area contributed by atoms with Gasteiger partial charge in [0.2, 0.25) is 5.91 Å². The molecule has 1 heterocycles. The quantitative estimate of drug-likeness (QED) is 0.717. The number of carbonyl (C=O) groups is 1. The summed E-state index contributed by atoms with van der Waals surface area (Å²) in [6.45, 7) is 4.85. The van der Waals surface area contributed by atoms with Crippen LogP contribution in [0.1, 0.15) is 24.2 Å². The SMILES string of the molecule is C=CCN(Cc1nccn1Cc1c(F)cccc1Cl)C(=O)C1CC1. The number of amides is 1. The molecule has 0 spiro atoms. The van der Waals surface area contributed by atoms with Crippen LogP contribution in [0.25, 0.3) is 0 Å². The third-order valence-corrected chi connectivity index (χ3v) is 4.47. The van der Waals surface area contributed by atoms with Gasteiger partial charge >= 0.3 is 0 Å². The monoisotopic (exact) mass is 347 g/mol. The van der Waals surface area contributed by atoms with E-state index in [1.54, 1.807) is 35.5 Å². The van der Waals surface area contributed by atoms with Gasteiger partial charge in [-0.05, 0) is 25.0 Å². The molecule has 0 unspecified atom stereocenters. The molecule has 0 radical (unpaired) electrons. The van der Waals surface area contributed by atoms with Gasteiger partial charge in [-0.25, -0.2) is 9.37 Å². The van der Waals surface area contributed by atoms with Crippen LogP contribution >= 0.6 is 11.6 Å². The summed E-state index contributed by atoms with van der Waals surface area (Å²) in [6, 6.07) is 4.63. The van der Waals surface area contributed by atoms with Crippen molar-refractivity contribution in [1.29, 1.82) is 0 Å². The van der Waals surface area contributed by atoms with E-state index in [0.29, 0.717) is 29.5 Å². The number of halogens is 2. The Labute approximate surface area is 145 Å². The van der Waals surface area contributed by atoms with Crippen molar-refractivity contribution in [3.63, 3.8) is 0 Å². The summed E-state index contributed by atoms with van der Waals surface area (Å²) in [5, 5.41) is 0.381. The maximum atomic E-state index is 14.0. The highest BCUT2D eigenvalue weighted by Gasteiger charge is 2.33. The average Bonchev–Trinajstić information content (AvgIpc) is 3.32. The summed E-state index contributed by atoms with van der Waals surface area (Å²) >= 11 is 6.10. The highest BCUT2D eigenvalue weighted by Crippen LogP contribution is 2.31. The Morgan fingerprint density at radius 1 is 1.50 bits per heavy atom. The maximum Gasteiger partial charge on any atom is 0.226 e. The van der Waals surface area contributed by atoms with Gasteiger partial charge < -0.3 is 9.47 Å². The number of benzene rings is 1. The van der Waals surface area contributed by atoms with Crippen LogP contribution in [0.3, 0.4) is 0 Å². The van der Waals surface area contributed by atoms with Crippen LogP contribution in [0.5, 0.6) is 0 Å². The minimum absolute atomic E-state index is 0.133. The van der Waals surface area contributed by atoms with Crippen molar-refractivity contribution < 1.29 is 9.18 Å². The lowest BCUT2D eigenvalue weighted by atomic mass is 10.2. The van der Waals surface area contributed by atoms with Crippen molar-refractivity contribution in [2.45, 2.75) is 25.9 Å². The van der Waals surface area contributed by atoms with Gasteiger partial charge in [-0.1, -0.05) is 23.7 Å². The second-order valence-electron chi connectivity index (χ2n) is 5.95. The zero-order valence-electron chi connectivity index (χ0n) is 13.3. The lowest BCUT2D eigenvalue weighted by molar-refractivity contribution is -0.132. The van der Waals surface area contributed by atoms with Crippen LogP contribution in [0.4, 0.5) is 4.39 Å². The zero-order chi connectivity index (χ0) is 17.1. The molecule has 0 saturated heterocycles. The van der Waals surface area contributed by atoms with Gasteiger partial charge in [0, 0.05) is 35.4 Å². The van der Waals surface area contributed by atoms with E-state index < -0.39 is 0 Å². The summed E-state index contributed by atoms with van der Waals surface area (Å²) in [7, 11) is 0. The van der Waals surface area contributed by atoms with Crippen molar-refractivity contribution in [3.05, 3.63) is 65.5 Å². The standard InChI is InChI=1S/C18H19ClFN3O/c1-2-9-23(18(24)13-6-7-13)12-17-21-8-10-22(17)11-14-15(19)4-3-5-16(14)20/h2-5,8,10,13H,1,6-7,9,11-12H2. The zero-order valence-corrected chi connectivity index (χ0v) is 14.0. The number of aromatic nitrogens is 2. The van der Waals surface area contributed by atoms with E-state index in [9.17, 15) is 9.18 Å². The second-order valence-corrected chi connectivity index (χ2v) is 6.36. The number of nitrogens with zero attached hydrogens (tertiary/aromatic N) is 3. The first-order valence-corrected chi connectivity index (χ1v) is 8.30. The summed E-state index contributed by atoms with van der Waals surface area (Å²) in [5.41, 5.74) is 0.419. The first-order valence-electron chi connectivity index (χ1n) is 7.92. The van der Waals surface area contributed by atoms with Gasteiger partial charge in [-0.3, -0.25) is 4.79 Å². The van der Waals surface area contributed by atoms with E-state index in [2.05, 4.69) is 11.6 Å². The van der Waals surface area contributed by atoms with Crippen LogP contribution in [-0.2, 0) is 17.9 Å². The van der Waals surface area contributed by atoms with Crippen LogP contribution in [0, 0.1) is 11.7 Å². The molecule has 126 valence electrons. The van der Waals surface area contributed by atoms with Gasteiger partial charge in [0.15, 0.2) is 0 Å². The average molecular weight is 348 g/mol.